The molecular weight excluding hydrogens is 396 g/mol. The fraction of sp³-hybridized carbons (Fsp3) is 0.476. The van der Waals surface area contributed by atoms with Crippen LogP contribution >= 0.6 is 0 Å². The van der Waals surface area contributed by atoms with Crippen LogP contribution in [0.4, 0.5) is 8.78 Å². The number of ether oxygens (including phenoxy) is 1. The third-order valence-corrected chi connectivity index (χ3v) is 5.68. The molecule has 0 bridgehead atoms. The molecular formula is C21H23F2N3O4. The molecule has 160 valence electrons. The monoisotopic (exact) mass is 419 g/mol. The molecule has 1 N–H and O–H groups in total. The number of rotatable bonds is 5. The predicted octanol–water partition coefficient (Wildman–Crippen LogP) is 1.91. The average molecular weight is 419 g/mol. The molecule has 9 heteroatoms. The molecule has 2 fully saturated rings. The van der Waals surface area contributed by atoms with Crippen LogP contribution < -0.4 is 5.32 Å². The van der Waals surface area contributed by atoms with Gasteiger partial charge in [-0.2, -0.15) is 0 Å². The van der Waals surface area contributed by atoms with Gasteiger partial charge in [-0.15, -0.1) is 0 Å². The van der Waals surface area contributed by atoms with Gasteiger partial charge in [-0.25, -0.2) is 8.78 Å². The van der Waals surface area contributed by atoms with Gasteiger partial charge < -0.3 is 19.8 Å². The fourth-order valence-corrected chi connectivity index (χ4v) is 4.00. The van der Waals surface area contributed by atoms with Crippen LogP contribution in [0.3, 0.4) is 0 Å². The minimum Gasteiger partial charge on any atom is -0.374 e. The van der Waals surface area contributed by atoms with E-state index in [4.69, 9.17) is 9.57 Å². The van der Waals surface area contributed by atoms with Crippen LogP contribution in [0.5, 0.6) is 0 Å². The number of likely N-dealkylation sites (tertiary alicyclic amines) is 1. The Morgan fingerprint density at radius 1 is 1.23 bits per heavy atom. The lowest BCUT2D eigenvalue weighted by molar-refractivity contribution is -0.140. The van der Waals surface area contributed by atoms with Gasteiger partial charge in [-0.05, 0) is 31.1 Å². The van der Waals surface area contributed by atoms with Crippen LogP contribution in [0.1, 0.15) is 31.2 Å². The van der Waals surface area contributed by atoms with E-state index in [-0.39, 0.29) is 36.3 Å². The summed E-state index contributed by atoms with van der Waals surface area (Å²) in [7, 11) is 0. The molecule has 3 unspecified atom stereocenters. The number of halogens is 2. The highest BCUT2D eigenvalue weighted by atomic mass is 19.1. The Labute approximate surface area is 172 Å². The quantitative estimate of drug-likeness (QED) is 0.740. The normalized spacial score (nSPS) is 28.2. The molecule has 3 aliphatic rings. The van der Waals surface area contributed by atoms with Crippen molar-refractivity contribution in [2.24, 2.45) is 5.16 Å². The molecule has 1 aromatic rings. The molecule has 3 atom stereocenters. The summed E-state index contributed by atoms with van der Waals surface area (Å²) in [4.78, 5) is 32.5. The summed E-state index contributed by atoms with van der Waals surface area (Å²) in [6, 6.07) is 2.65. The zero-order valence-corrected chi connectivity index (χ0v) is 16.4. The van der Waals surface area contributed by atoms with E-state index < -0.39 is 29.2 Å². The molecule has 30 heavy (non-hydrogen) atoms. The van der Waals surface area contributed by atoms with E-state index in [1.165, 1.54) is 6.08 Å². The summed E-state index contributed by atoms with van der Waals surface area (Å²) < 4.78 is 32.6. The van der Waals surface area contributed by atoms with E-state index in [2.05, 4.69) is 17.1 Å². The van der Waals surface area contributed by atoms with Gasteiger partial charge in [0.2, 0.25) is 5.60 Å². The van der Waals surface area contributed by atoms with Crippen LogP contribution in [0.2, 0.25) is 0 Å². The number of nitrogens with one attached hydrogen (secondary N) is 1. The zero-order valence-electron chi connectivity index (χ0n) is 16.4. The van der Waals surface area contributed by atoms with Gasteiger partial charge in [-0.3, -0.25) is 9.59 Å². The Balaban J connectivity index is 1.38. The van der Waals surface area contributed by atoms with Crippen molar-refractivity contribution in [2.75, 3.05) is 19.7 Å². The summed E-state index contributed by atoms with van der Waals surface area (Å²) in [6.45, 7) is 5.36. The van der Waals surface area contributed by atoms with Gasteiger partial charge in [0.15, 0.2) is 0 Å². The zero-order chi connectivity index (χ0) is 21.3. The van der Waals surface area contributed by atoms with Crippen molar-refractivity contribution in [1.29, 1.82) is 0 Å². The summed E-state index contributed by atoms with van der Waals surface area (Å²) in [5, 5.41) is 6.69. The first kappa shape index (κ1) is 20.5. The van der Waals surface area contributed by atoms with E-state index in [0.717, 1.165) is 44.1 Å². The van der Waals surface area contributed by atoms with Gasteiger partial charge >= 0.3 is 0 Å². The number of carbonyl (C=O) groups is 2. The number of hydrogen-bond donors (Lipinski definition) is 1. The minimum atomic E-state index is -1.49. The van der Waals surface area contributed by atoms with Crippen molar-refractivity contribution < 1.29 is 27.9 Å². The summed E-state index contributed by atoms with van der Waals surface area (Å²) >= 11 is 0. The van der Waals surface area contributed by atoms with E-state index >= 15 is 0 Å². The van der Waals surface area contributed by atoms with Crippen molar-refractivity contribution in [3.05, 3.63) is 48.1 Å². The van der Waals surface area contributed by atoms with Gasteiger partial charge in [-0.1, -0.05) is 11.7 Å². The Bertz CT molecular complexity index is 880. The van der Waals surface area contributed by atoms with Crippen molar-refractivity contribution in [3.8, 4) is 0 Å². The van der Waals surface area contributed by atoms with Crippen LogP contribution in [0.25, 0.3) is 0 Å². The van der Waals surface area contributed by atoms with E-state index in [9.17, 15) is 18.4 Å². The largest absolute Gasteiger partial charge is 0.374 e. The molecule has 1 aromatic carbocycles. The Morgan fingerprint density at radius 3 is 2.60 bits per heavy atom. The number of amides is 2. The molecule has 0 radical (unpaired) electrons. The predicted molar refractivity (Wildman–Crippen MR) is 104 cm³/mol. The first-order valence-corrected chi connectivity index (χ1v) is 9.97. The standard InChI is InChI=1S/C21H23F2N3O4/c1-2-21(11-17(25-30-21)13-7-14(22)9-15(23)8-13)20(28)24-16-10-18(29-12-16)19(27)26-5-3-4-6-26/h2,7-9,16,18H,1,3-6,10-12H2,(H,24,28). The molecule has 0 aliphatic carbocycles. The summed E-state index contributed by atoms with van der Waals surface area (Å²) in [5.41, 5.74) is -1.05. The number of nitrogens with zero attached hydrogens (tertiary/aromatic N) is 2. The van der Waals surface area contributed by atoms with Gasteiger partial charge in [0.1, 0.15) is 17.7 Å². The minimum absolute atomic E-state index is 0.0189. The van der Waals surface area contributed by atoms with Crippen molar-refractivity contribution in [1.82, 2.24) is 10.2 Å². The molecule has 3 heterocycles. The number of carbonyl (C=O) groups excluding carboxylic acids is 2. The van der Waals surface area contributed by atoms with Gasteiger partial charge in [0.05, 0.1) is 18.4 Å². The first-order valence-electron chi connectivity index (χ1n) is 9.97. The molecule has 0 spiro atoms. The van der Waals surface area contributed by atoms with E-state index in [0.29, 0.717) is 6.42 Å². The molecule has 0 saturated carbocycles. The Morgan fingerprint density at radius 2 is 1.93 bits per heavy atom. The Hall–Kier alpha value is -2.81. The summed E-state index contributed by atoms with van der Waals surface area (Å²) in [5.74, 6) is -2.02. The lowest BCUT2D eigenvalue weighted by atomic mass is 9.92. The third kappa shape index (κ3) is 3.94. The van der Waals surface area contributed by atoms with Crippen molar-refractivity contribution >= 4 is 17.5 Å². The molecule has 2 amide bonds. The maximum Gasteiger partial charge on any atom is 0.271 e. The van der Waals surface area contributed by atoms with Gasteiger partial charge in [0, 0.05) is 37.6 Å². The average Bonchev–Trinajstić information content (AvgIpc) is 3.47. The lowest BCUT2D eigenvalue weighted by Gasteiger charge is -2.23. The SMILES string of the molecule is C=CC1(C(=O)NC2COC(C(=O)N3CCCC3)C2)CC(c2cc(F)cc(F)c2)=NO1. The Kier molecular flexibility index (Phi) is 5.55. The maximum atomic E-state index is 13.5. The number of hydrogen-bond acceptors (Lipinski definition) is 5. The van der Waals surface area contributed by atoms with Gasteiger partial charge in [0.25, 0.3) is 11.8 Å². The van der Waals surface area contributed by atoms with E-state index in [1.54, 1.807) is 4.90 Å². The maximum absolute atomic E-state index is 13.5. The second-order valence-corrected chi connectivity index (χ2v) is 7.82. The molecule has 4 rings (SSSR count). The highest BCUT2D eigenvalue weighted by Gasteiger charge is 2.46. The van der Waals surface area contributed by atoms with Crippen LogP contribution in [-0.4, -0.2) is 59.9 Å². The molecule has 2 saturated heterocycles. The highest BCUT2D eigenvalue weighted by Crippen LogP contribution is 2.30. The van der Waals surface area contributed by atoms with Crippen molar-refractivity contribution in [3.63, 3.8) is 0 Å². The smallest absolute Gasteiger partial charge is 0.271 e. The number of benzene rings is 1. The molecule has 7 nitrogen and oxygen atoms in total. The van der Waals surface area contributed by atoms with Crippen molar-refractivity contribution in [2.45, 2.75) is 43.4 Å². The van der Waals surface area contributed by atoms with Crippen LogP contribution in [-0.2, 0) is 19.2 Å². The first-order chi connectivity index (χ1) is 14.4. The van der Waals surface area contributed by atoms with Crippen LogP contribution in [0.15, 0.2) is 36.0 Å². The summed E-state index contributed by atoms with van der Waals surface area (Å²) in [6.07, 6.45) is 3.09. The molecule has 0 aromatic heterocycles. The third-order valence-electron chi connectivity index (χ3n) is 5.68. The highest BCUT2D eigenvalue weighted by molar-refractivity contribution is 6.06. The lowest BCUT2D eigenvalue weighted by Crippen LogP contribution is -2.49. The second kappa shape index (κ2) is 8.14. The van der Waals surface area contributed by atoms with Crippen LogP contribution in [0, 0.1) is 11.6 Å². The fourth-order valence-electron chi connectivity index (χ4n) is 4.00. The topological polar surface area (TPSA) is 80.2 Å². The second-order valence-electron chi connectivity index (χ2n) is 7.82. The van der Waals surface area contributed by atoms with E-state index in [1.807, 2.05) is 0 Å². The number of oxime groups is 1. The molecule has 3 aliphatic heterocycles.